The Kier molecular flexibility index (Phi) is 5.41. The van der Waals surface area contributed by atoms with Gasteiger partial charge < -0.3 is 10.1 Å². The van der Waals surface area contributed by atoms with E-state index in [0.717, 1.165) is 25.7 Å². The number of rotatable bonds is 4. The monoisotopic (exact) mass is 365 g/mol. The lowest BCUT2D eigenvalue weighted by molar-refractivity contribution is -0.274. The molecule has 1 aliphatic carbocycles. The molecular formula is C15H19BrF3NO. The number of hydrogen-bond donors (Lipinski definition) is 1. The minimum Gasteiger partial charge on any atom is -0.404 e. The Hall–Kier alpha value is -0.910. The van der Waals surface area contributed by atoms with Crippen molar-refractivity contribution in [3.05, 3.63) is 22.7 Å². The van der Waals surface area contributed by atoms with Gasteiger partial charge in [0.2, 0.25) is 0 Å². The smallest absolute Gasteiger partial charge is 0.404 e. The van der Waals surface area contributed by atoms with Gasteiger partial charge in [-0.3, -0.25) is 0 Å². The van der Waals surface area contributed by atoms with E-state index >= 15 is 0 Å². The van der Waals surface area contributed by atoms with Crippen molar-refractivity contribution in [3.63, 3.8) is 0 Å². The second kappa shape index (κ2) is 6.90. The fourth-order valence-electron chi connectivity index (χ4n) is 2.91. The zero-order valence-electron chi connectivity index (χ0n) is 11.8. The van der Waals surface area contributed by atoms with Crippen LogP contribution in [0.25, 0.3) is 0 Å². The van der Waals surface area contributed by atoms with Crippen molar-refractivity contribution in [2.24, 2.45) is 5.92 Å². The summed E-state index contributed by atoms with van der Waals surface area (Å²) >= 11 is 3.18. The maximum atomic E-state index is 12.5. The first-order valence-corrected chi connectivity index (χ1v) is 8.00. The van der Waals surface area contributed by atoms with Crippen LogP contribution in [-0.2, 0) is 0 Å². The number of halogens is 4. The first-order valence-electron chi connectivity index (χ1n) is 7.21. The number of alkyl halides is 3. The molecule has 0 radical (unpaired) electrons. The van der Waals surface area contributed by atoms with Crippen molar-refractivity contribution < 1.29 is 17.9 Å². The first-order chi connectivity index (χ1) is 9.89. The molecule has 0 spiro atoms. The molecule has 2 atom stereocenters. The van der Waals surface area contributed by atoms with Gasteiger partial charge >= 0.3 is 6.36 Å². The predicted molar refractivity (Wildman–Crippen MR) is 80.5 cm³/mol. The second-order valence-corrected chi connectivity index (χ2v) is 6.31. The first kappa shape index (κ1) is 16.5. The third-order valence-electron chi connectivity index (χ3n) is 3.94. The van der Waals surface area contributed by atoms with Crippen LogP contribution in [0.4, 0.5) is 18.9 Å². The van der Waals surface area contributed by atoms with Crippen LogP contribution in [0.15, 0.2) is 22.7 Å². The van der Waals surface area contributed by atoms with Gasteiger partial charge in [-0.05, 0) is 37.0 Å². The Morgan fingerprint density at radius 1 is 1.29 bits per heavy atom. The van der Waals surface area contributed by atoms with E-state index in [0.29, 0.717) is 16.1 Å². The Balaban J connectivity index is 2.18. The summed E-state index contributed by atoms with van der Waals surface area (Å²) in [7, 11) is 0. The van der Waals surface area contributed by atoms with Crippen molar-refractivity contribution in [1.29, 1.82) is 0 Å². The molecule has 1 aliphatic rings. The molecule has 2 nitrogen and oxygen atoms in total. The van der Waals surface area contributed by atoms with E-state index in [1.165, 1.54) is 12.5 Å². The normalized spacial score (nSPS) is 22.9. The van der Waals surface area contributed by atoms with Crippen molar-refractivity contribution in [2.75, 3.05) is 5.32 Å². The molecule has 0 aliphatic heterocycles. The van der Waals surface area contributed by atoms with Crippen LogP contribution >= 0.6 is 15.9 Å². The molecular weight excluding hydrogens is 347 g/mol. The standard InChI is InChI=1S/C15H19BrF3NO/c1-2-10-5-3-4-6-12(10)20-13-8-7-11(16)9-14(13)21-15(17,18)19/h7-10,12,20H,2-6H2,1H3. The van der Waals surface area contributed by atoms with Crippen LogP contribution < -0.4 is 10.1 Å². The van der Waals surface area contributed by atoms with Gasteiger partial charge in [0.15, 0.2) is 5.75 Å². The molecule has 21 heavy (non-hydrogen) atoms. The number of ether oxygens (including phenoxy) is 1. The highest BCUT2D eigenvalue weighted by Crippen LogP contribution is 2.36. The van der Waals surface area contributed by atoms with E-state index in [-0.39, 0.29) is 11.8 Å². The Bertz CT molecular complexity index is 478. The van der Waals surface area contributed by atoms with E-state index in [2.05, 4.69) is 32.9 Å². The summed E-state index contributed by atoms with van der Waals surface area (Å²) in [6, 6.07) is 4.90. The summed E-state index contributed by atoms with van der Waals surface area (Å²) in [5.74, 6) is 0.318. The van der Waals surface area contributed by atoms with Gasteiger partial charge in [0.25, 0.3) is 0 Å². The Morgan fingerprint density at radius 2 is 2.00 bits per heavy atom. The van der Waals surface area contributed by atoms with Crippen LogP contribution in [0.5, 0.6) is 5.75 Å². The summed E-state index contributed by atoms with van der Waals surface area (Å²) in [5.41, 5.74) is 0.404. The summed E-state index contributed by atoms with van der Waals surface area (Å²) in [5, 5.41) is 3.25. The van der Waals surface area contributed by atoms with E-state index in [4.69, 9.17) is 0 Å². The SMILES string of the molecule is CCC1CCCCC1Nc1ccc(Br)cc1OC(F)(F)F. The van der Waals surface area contributed by atoms with Gasteiger partial charge in [0.05, 0.1) is 5.69 Å². The predicted octanol–water partition coefficient (Wildman–Crippen LogP) is 5.73. The summed E-state index contributed by atoms with van der Waals surface area (Å²) in [6.07, 6.45) is 0.765. The molecule has 2 rings (SSSR count). The van der Waals surface area contributed by atoms with Crippen LogP contribution in [0.2, 0.25) is 0 Å². The maximum Gasteiger partial charge on any atom is 0.573 e. The lowest BCUT2D eigenvalue weighted by Crippen LogP contribution is -2.32. The molecule has 0 aromatic heterocycles. The molecule has 6 heteroatoms. The lowest BCUT2D eigenvalue weighted by Gasteiger charge is -2.32. The lowest BCUT2D eigenvalue weighted by atomic mass is 9.83. The van der Waals surface area contributed by atoms with E-state index < -0.39 is 6.36 Å². The van der Waals surface area contributed by atoms with Crippen LogP contribution in [0.1, 0.15) is 39.0 Å². The van der Waals surface area contributed by atoms with Crippen molar-refractivity contribution in [1.82, 2.24) is 0 Å². The molecule has 0 amide bonds. The molecule has 0 heterocycles. The minimum absolute atomic E-state index is 0.183. The van der Waals surface area contributed by atoms with E-state index in [1.54, 1.807) is 12.1 Å². The van der Waals surface area contributed by atoms with Gasteiger partial charge in [-0.25, -0.2) is 0 Å². The van der Waals surface area contributed by atoms with Crippen molar-refractivity contribution >= 4 is 21.6 Å². The Labute approximate surface area is 131 Å². The minimum atomic E-state index is -4.69. The van der Waals surface area contributed by atoms with Gasteiger partial charge in [-0.15, -0.1) is 13.2 Å². The summed E-state index contributed by atoms with van der Waals surface area (Å²) in [4.78, 5) is 0. The quantitative estimate of drug-likeness (QED) is 0.735. The molecule has 1 saturated carbocycles. The fraction of sp³-hybridized carbons (Fsp3) is 0.600. The number of benzene rings is 1. The number of hydrogen-bond acceptors (Lipinski definition) is 2. The van der Waals surface area contributed by atoms with Crippen molar-refractivity contribution in [2.45, 2.75) is 51.4 Å². The van der Waals surface area contributed by atoms with Gasteiger partial charge in [0, 0.05) is 10.5 Å². The van der Waals surface area contributed by atoms with E-state index in [9.17, 15) is 13.2 Å². The number of anilines is 1. The third-order valence-corrected chi connectivity index (χ3v) is 4.44. The highest BCUT2D eigenvalue weighted by Gasteiger charge is 2.33. The zero-order valence-corrected chi connectivity index (χ0v) is 13.4. The fourth-order valence-corrected chi connectivity index (χ4v) is 3.25. The maximum absolute atomic E-state index is 12.5. The molecule has 1 fully saturated rings. The van der Waals surface area contributed by atoms with Gasteiger partial charge in [0.1, 0.15) is 0 Å². The molecule has 2 unspecified atom stereocenters. The second-order valence-electron chi connectivity index (χ2n) is 5.39. The summed E-state index contributed by atoms with van der Waals surface area (Å²) in [6.45, 7) is 2.12. The Morgan fingerprint density at radius 3 is 2.67 bits per heavy atom. The molecule has 0 saturated heterocycles. The third kappa shape index (κ3) is 4.80. The topological polar surface area (TPSA) is 21.3 Å². The summed E-state index contributed by atoms with van der Waals surface area (Å²) < 4.78 is 42.2. The molecule has 1 aromatic carbocycles. The van der Waals surface area contributed by atoms with Crippen molar-refractivity contribution in [3.8, 4) is 5.75 Å². The zero-order chi connectivity index (χ0) is 15.5. The number of nitrogens with one attached hydrogen (secondary N) is 1. The highest BCUT2D eigenvalue weighted by molar-refractivity contribution is 9.10. The van der Waals surface area contributed by atoms with Gasteiger partial charge in [-0.1, -0.05) is 42.1 Å². The van der Waals surface area contributed by atoms with Gasteiger partial charge in [-0.2, -0.15) is 0 Å². The van der Waals surface area contributed by atoms with E-state index in [1.807, 2.05) is 0 Å². The average Bonchev–Trinajstić information content (AvgIpc) is 2.40. The molecule has 118 valence electrons. The highest BCUT2D eigenvalue weighted by atomic mass is 79.9. The molecule has 1 aromatic rings. The van der Waals surface area contributed by atoms with Crippen LogP contribution in [0.3, 0.4) is 0 Å². The average molecular weight is 366 g/mol. The molecule has 0 bridgehead atoms. The van der Waals surface area contributed by atoms with Crippen LogP contribution in [0, 0.1) is 5.92 Å². The molecule has 1 N–H and O–H groups in total. The largest absolute Gasteiger partial charge is 0.573 e. The van der Waals surface area contributed by atoms with Crippen LogP contribution in [-0.4, -0.2) is 12.4 Å².